The number of aromatic nitrogens is 3. The molecule has 1 aromatic carbocycles. The fraction of sp³-hybridized carbons (Fsp3) is 0.231. The first-order valence-corrected chi connectivity index (χ1v) is 5.82. The molecule has 3 aromatic rings. The van der Waals surface area contributed by atoms with E-state index < -0.39 is 0 Å². The first-order chi connectivity index (χ1) is 8.76. The van der Waals surface area contributed by atoms with Crippen LogP contribution in [-0.4, -0.2) is 14.7 Å². The summed E-state index contributed by atoms with van der Waals surface area (Å²) in [6, 6.07) is 6.59. The number of hydrogen-bond acceptors (Lipinski definition) is 3. The van der Waals surface area contributed by atoms with Crippen LogP contribution in [0.15, 0.2) is 35.0 Å². The average molecular weight is 245 g/mol. The van der Waals surface area contributed by atoms with Gasteiger partial charge < -0.3 is 9.09 Å². The molecule has 2 heterocycles. The van der Waals surface area contributed by atoms with Crippen molar-refractivity contribution in [2.24, 2.45) is 0 Å². The summed E-state index contributed by atoms with van der Waals surface area (Å²) in [4.78, 5) is 4.26. The summed E-state index contributed by atoms with van der Waals surface area (Å²) < 4.78 is 20.1. The molecule has 0 amide bonds. The lowest BCUT2D eigenvalue weighted by molar-refractivity contribution is 0.375. The predicted octanol–water partition coefficient (Wildman–Crippen LogP) is 2.77. The van der Waals surface area contributed by atoms with E-state index in [0.717, 1.165) is 17.3 Å². The fourth-order valence-electron chi connectivity index (χ4n) is 1.96. The number of halogens is 1. The lowest BCUT2D eigenvalue weighted by atomic mass is 10.2. The van der Waals surface area contributed by atoms with Crippen LogP contribution in [0.1, 0.15) is 18.6 Å². The Kier molecular flexibility index (Phi) is 2.59. The standard InChI is InChI=1S/C13H12FN3O/c1-2-13-15-12(16-18-13)8-17-6-5-9-7-10(14)3-4-11(9)17/h3-7H,2,8H2,1H3. The van der Waals surface area contributed by atoms with Crippen LogP contribution in [0.2, 0.25) is 0 Å². The van der Waals surface area contributed by atoms with Crippen LogP contribution < -0.4 is 0 Å². The fourth-order valence-corrected chi connectivity index (χ4v) is 1.96. The van der Waals surface area contributed by atoms with Gasteiger partial charge in [0.05, 0.1) is 6.54 Å². The Labute approximate surface area is 103 Å². The highest BCUT2D eigenvalue weighted by Gasteiger charge is 2.07. The van der Waals surface area contributed by atoms with Gasteiger partial charge in [0.15, 0.2) is 5.82 Å². The van der Waals surface area contributed by atoms with Crippen molar-refractivity contribution >= 4 is 10.9 Å². The Balaban J connectivity index is 1.95. The number of benzene rings is 1. The number of aryl methyl sites for hydroxylation is 1. The Morgan fingerprint density at radius 2 is 2.22 bits per heavy atom. The van der Waals surface area contributed by atoms with Crippen molar-refractivity contribution < 1.29 is 8.91 Å². The van der Waals surface area contributed by atoms with Gasteiger partial charge in [-0.15, -0.1) is 0 Å². The molecule has 5 heteroatoms. The Morgan fingerprint density at radius 1 is 1.33 bits per heavy atom. The maximum absolute atomic E-state index is 13.1. The first-order valence-electron chi connectivity index (χ1n) is 5.82. The third kappa shape index (κ3) is 1.88. The molecule has 0 fully saturated rings. The van der Waals surface area contributed by atoms with E-state index in [1.165, 1.54) is 12.1 Å². The van der Waals surface area contributed by atoms with Gasteiger partial charge >= 0.3 is 0 Å². The highest BCUT2D eigenvalue weighted by atomic mass is 19.1. The molecule has 0 atom stereocenters. The van der Waals surface area contributed by atoms with Gasteiger partial charge in [0, 0.05) is 23.5 Å². The zero-order chi connectivity index (χ0) is 12.5. The normalized spacial score (nSPS) is 11.2. The molecule has 18 heavy (non-hydrogen) atoms. The van der Waals surface area contributed by atoms with E-state index in [4.69, 9.17) is 4.52 Å². The van der Waals surface area contributed by atoms with E-state index in [1.54, 1.807) is 6.07 Å². The van der Waals surface area contributed by atoms with Gasteiger partial charge in [-0.1, -0.05) is 12.1 Å². The third-order valence-corrected chi connectivity index (χ3v) is 2.86. The van der Waals surface area contributed by atoms with E-state index in [2.05, 4.69) is 10.1 Å². The van der Waals surface area contributed by atoms with Gasteiger partial charge in [-0.3, -0.25) is 0 Å². The van der Waals surface area contributed by atoms with E-state index >= 15 is 0 Å². The Morgan fingerprint density at radius 3 is 3.00 bits per heavy atom. The SMILES string of the molecule is CCc1nc(Cn2ccc3cc(F)ccc32)no1. The quantitative estimate of drug-likeness (QED) is 0.712. The van der Waals surface area contributed by atoms with Crippen molar-refractivity contribution in [1.29, 1.82) is 0 Å². The van der Waals surface area contributed by atoms with Crippen LogP contribution in [0.25, 0.3) is 10.9 Å². The van der Waals surface area contributed by atoms with Crippen LogP contribution in [0.5, 0.6) is 0 Å². The average Bonchev–Trinajstić information content (AvgIpc) is 2.97. The number of rotatable bonds is 3. The Bertz CT molecular complexity index is 686. The topological polar surface area (TPSA) is 43.9 Å². The van der Waals surface area contributed by atoms with Crippen molar-refractivity contribution in [2.45, 2.75) is 19.9 Å². The van der Waals surface area contributed by atoms with Crippen LogP contribution >= 0.6 is 0 Å². The van der Waals surface area contributed by atoms with E-state index in [1.807, 2.05) is 23.8 Å². The molecule has 0 aliphatic carbocycles. The lowest BCUT2D eigenvalue weighted by Gasteiger charge is -2.01. The largest absolute Gasteiger partial charge is 0.340 e. The van der Waals surface area contributed by atoms with Crippen LogP contribution in [-0.2, 0) is 13.0 Å². The van der Waals surface area contributed by atoms with Crippen LogP contribution in [0, 0.1) is 5.82 Å². The van der Waals surface area contributed by atoms with Gasteiger partial charge in [-0.25, -0.2) is 4.39 Å². The van der Waals surface area contributed by atoms with Gasteiger partial charge in [-0.2, -0.15) is 4.98 Å². The minimum Gasteiger partial charge on any atom is -0.340 e. The van der Waals surface area contributed by atoms with Crippen molar-refractivity contribution in [3.8, 4) is 0 Å². The summed E-state index contributed by atoms with van der Waals surface area (Å²) in [5.41, 5.74) is 0.958. The molecular formula is C13H12FN3O. The highest BCUT2D eigenvalue weighted by molar-refractivity contribution is 5.80. The second-order valence-electron chi connectivity index (χ2n) is 4.10. The van der Waals surface area contributed by atoms with E-state index in [-0.39, 0.29) is 5.82 Å². The van der Waals surface area contributed by atoms with Gasteiger partial charge in [0.1, 0.15) is 5.82 Å². The molecule has 0 saturated heterocycles. The molecular weight excluding hydrogens is 233 g/mol. The Hall–Kier alpha value is -2.17. The third-order valence-electron chi connectivity index (χ3n) is 2.86. The van der Waals surface area contributed by atoms with E-state index in [9.17, 15) is 4.39 Å². The molecule has 0 aliphatic rings. The summed E-state index contributed by atoms with van der Waals surface area (Å²) in [7, 11) is 0. The molecule has 0 unspecified atom stereocenters. The van der Waals surface area contributed by atoms with Crippen molar-refractivity contribution in [3.05, 3.63) is 48.0 Å². The number of nitrogens with zero attached hydrogens (tertiary/aromatic N) is 3. The zero-order valence-electron chi connectivity index (χ0n) is 9.93. The lowest BCUT2D eigenvalue weighted by Crippen LogP contribution is -1.99. The summed E-state index contributed by atoms with van der Waals surface area (Å²) in [6.07, 6.45) is 2.62. The van der Waals surface area contributed by atoms with Crippen LogP contribution in [0.4, 0.5) is 4.39 Å². The highest BCUT2D eigenvalue weighted by Crippen LogP contribution is 2.17. The summed E-state index contributed by atoms with van der Waals surface area (Å²) >= 11 is 0. The summed E-state index contributed by atoms with van der Waals surface area (Å²) in [5.74, 6) is 1.04. The van der Waals surface area contributed by atoms with Gasteiger partial charge in [-0.05, 0) is 24.3 Å². The minimum absolute atomic E-state index is 0.229. The molecule has 4 nitrogen and oxygen atoms in total. The second kappa shape index (κ2) is 4.25. The zero-order valence-corrected chi connectivity index (χ0v) is 9.93. The smallest absolute Gasteiger partial charge is 0.226 e. The number of hydrogen-bond donors (Lipinski definition) is 0. The monoisotopic (exact) mass is 245 g/mol. The van der Waals surface area contributed by atoms with E-state index in [0.29, 0.717) is 18.3 Å². The maximum atomic E-state index is 13.1. The van der Waals surface area contributed by atoms with Crippen molar-refractivity contribution in [1.82, 2.24) is 14.7 Å². The molecule has 0 saturated carbocycles. The molecule has 0 spiro atoms. The molecule has 0 radical (unpaired) electrons. The molecule has 2 aromatic heterocycles. The minimum atomic E-state index is -0.229. The molecule has 3 rings (SSSR count). The molecule has 0 N–H and O–H groups in total. The molecule has 92 valence electrons. The summed E-state index contributed by atoms with van der Waals surface area (Å²) in [6.45, 7) is 2.49. The van der Waals surface area contributed by atoms with Gasteiger partial charge in [0.2, 0.25) is 5.89 Å². The van der Waals surface area contributed by atoms with Gasteiger partial charge in [0.25, 0.3) is 0 Å². The first kappa shape index (κ1) is 11.0. The second-order valence-corrected chi connectivity index (χ2v) is 4.10. The van der Waals surface area contributed by atoms with Crippen molar-refractivity contribution in [2.75, 3.05) is 0 Å². The number of fused-ring (bicyclic) bond motifs is 1. The maximum Gasteiger partial charge on any atom is 0.226 e. The molecule has 0 aliphatic heterocycles. The van der Waals surface area contributed by atoms with Crippen molar-refractivity contribution in [3.63, 3.8) is 0 Å². The van der Waals surface area contributed by atoms with Crippen LogP contribution in [0.3, 0.4) is 0 Å². The predicted molar refractivity (Wildman–Crippen MR) is 64.7 cm³/mol. The summed E-state index contributed by atoms with van der Waals surface area (Å²) in [5, 5.41) is 4.77. The molecule has 0 bridgehead atoms.